The molecule has 0 N–H and O–H groups in total. The molecule has 5 heteroatoms. The average molecular weight is 396 g/mol. The summed E-state index contributed by atoms with van der Waals surface area (Å²) in [6.07, 6.45) is 6.42. The highest BCUT2D eigenvalue weighted by molar-refractivity contribution is 6.63. The van der Waals surface area contributed by atoms with Crippen LogP contribution in [0.15, 0.2) is 48.5 Å². The summed E-state index contributed by atoms with van der Waals surface area (Å²) in [5.41, 5.74) is 5.03. The minimum absolute atomic E-state index is 0.449. The van der Waals surface area contributed by atoms with Gasteiger partial charge in [0.15, 0.2) is 0 Å². The van der Waals surface area contributed by atoms with Crippen molar-refractivity contribution in [2.24, 2.45) is 0 Å². The number of aromatic nitrogens is 1. The van der Waals surface area contributed by atoms with E-state index in [1.165, 1.54) is 10.9 Å². The number of rotatable bonds is 2. The maximum atomic E-state index is 10.0. The van der Waals surface area contributed by atoms with Crippen molar-refractivity contribution in [3.8, 4) is 11.8 Å². The van der Waals surface area contributed by atoms with Crippen LogP contribution >= 0.6 is 0 Å². The quantitative estimate of drug-likeness (QED) is 0.587. The Balaban J connectivity index is 1.81. The van der Waals surface area contributed by atoms with E-state index in [0.717, 1.165) is 35.2 Å². The summed E-state index contributed by atoms with van der Waals surface area (Å²) in [5, 5.41) is 11.2. The van der Waals surface area contributed by atoms with Crippen molar-refractivity contribution in [3.05, 3.63) is 65.4 Å². The van der Waals surface area contributed by atoms with Gasteiger partial charge < -0.3 is 13.9 Å². The first-order valence-corrected chi connectivity index (χ1v) is 10.5. The Morgan fingerprint density at radius 2 is 1.73 bits per heavy atom. The third-order valence-corrected chi connectivity index (χ3v) is 6.78. The molecule has 0 radical (unpaired) electrons. The number of nitriles is 1. The van der Waals surface area contributed by atoms with E-state index < -0.39 is 18.3 Å². The highest BCUT2D eigenvalue weighted by Crippen LogP contribution is 2.38. The molecule has 1 fully saturated rings. The molecule has 0 atom stereocenters. The van der Waals surface area contributed by atoms with Crippen LogP contribution in [0.4, 0.5) is 0 Å². The number of nitrogens with zero attached hydrogens (tertiary/aromatic N) is 2. The fraction of sp³-hybridized carbons (Fsp3) is 0.320. The lowest BCUT2D eigenvalue weighted by Gasteiger charge is -2.32. The number of para-hydroxylation sites is 2. The van der Waals surface area contributed by atoms with Gasteiger partial charge in [-0.25, -0.2) is 0 Å². The van der Waals surface area contributed by atoms with E-state index in [0.29, 0.717) is 5.56 Å². The largest absolute Gasteiger partial charge is 0.497 e. The van der Waals surface area contributed by atoms with Gasteiger partial charge in [0.1, 0.15) is 6.07 Å². The fourth-order valence-corrected chi connectivity index (χ4v) is 4.49. The summed E-state index contributed by atoms with van der Waals surface area (Å²) in [7, 11) is -0.539. The summed E-state index contributed by atoms with van der Waals surface area (Å²) in [4.78, 5) is 0. The highest BCUT2D eigenvalue weighted by atomic mass is 16.7. The van der Waals surface area contributed by atoms with Gasteiger partial charge in [0, 0.05) is 16.5 Å². The van der Waals surface area contributed by atoms with E-state index >= 15 is 0 Å². The van der Waals surface area contributed by atoms with E-state index in [1.807, 2.05) is 18.2 Å². The Bertz CT molecular complexity index is 1210. The van der Waals surface area contributed by atoms with Gasteiger partial charge in [-0.3, -0.25) is 0 Å². The van der Waals surface area contributed by atoms with Crippen LogP contribution in [0.2, 0.25) is 0 Å². The maximum Gasteiger partial charge on any atom is 0.497 e. The predicted octanol–water partition coefficient (Wildman–Crippen LogP) is 4.76. The molecule has 0 amide bonds. The lowest BCUT2D eigenvalue weighted by molar-refractivity contribution is 0.00578. The molecule has 5 rings (SSSR count). The van der Waals surface area contributed by atoms with Gasteiger partial charge in [-0.2, -0.15) is 5.26 Å². The fourth-order valence-electron chi connectivity index (χ4n) is 4.49. The first kappa shape index (κ1) is 19.2. The van der Waals surface area contributed by atoms with Crippen LogP contribution < -0.4 is 5.46 Å². The van der Waals surface area contributed by atoms with Gasteiger partial charge in [0.25, 0.3) is 0 Å². The minimum atomic E-state index is -0.539. The number of fused-ring (bicyclic) bond motifs is 3. The molecule has 1 aromatic heterocycles. The van der Waals surface area contributed by atoms with Crippen LogP contribution in [-0.4, -0.2) is 22.9 Å². The number of allylic oxidation sites excluding steroid dienone is 1. The lowest BCUT2D eigenvalue weighted by atomic mass is 9.76. The van der Waals surface area contributed by atoms with E-state index in [9.17, 15) is 5.26 Å². The Morgan fingerprint density at radius 1 is 1.00 bits per heavy atom. The molecule has 30 heavy (non-hydrogen) atoms. The van der Waals surface area contributed by atoms with Crippen LogP contribution in [-0.2, 0) is 15.7 Å². The normalized spacial score (nSPS) is 19.1. The summed E-state index contributed by atoms with van der Waals surface area (Å²) in [6, 6.07) is 16.6. The summed E-state index contributed by atoms with van der Waals surface area (Å²) in [5.74, 6) is 0. The molecule has 1 aliphatic carbocycles. The number of benzene rings is 2. The molecular weight excluding hydrogens is 371 g/mol. The van der Waals surface area contributed by atoms with Crippen molar-refractivity contribution >= 4 is 29.6 Å². The third-order valence-electron chi connectivity index (χ3n) is 6.78. The molecule has 3 aromatic rings. The first-order valence-electron chi connectivity index (χ1n) is 10.5. The molecule has 2 heterocycles. The molecule has 1 aliphatic heterocycles. The topological polar surface area (TPSA) is 47.2 Å². The zero-order chi connectivity index (χ0) is 21.1. The van der Waals surface area contributed by atoms with Gasteiger partial charge in [0.2, 0.25) is 0 Å². The molecule has 0 unspecified atom stereocenters. The lowest BCUT2D eigenvalue weighted by Crippen LogP contribution is -2.41. The van der Waals surface area contributed by atoms with Crippen LogP contribution in [0.5, 0.6) is 0 Å². The zero-order valence-electron chi connectivity index (χ0n) is 17.9. The van der Waals surface area contributed by atoms with Gasteiger partial charge in [-0.1, -0.05) is 36.4 Å². The van der Waals surface area contributed by atoms with E-state index in [4.69, 9.17) is 9.31 Å². The van der Waals surface area contributed by atoms with Crippen molar-refractivity contribution in [1.82, 2.24) is 4.57 Å². The molecule has 0 spiro atoms. The Kier molecular flexibility index (Phi) is 4.22. The molecule has 4 nitrogen and oxygen atoms in total. The van der Waals surface area contributed by atoms with Crippen molar-refractivity contribution < 1.29 is 9.31 Å². The van der Waals surface area contributed by atoms with Crippen LogP contribution in [0.25, 0.3) is 22.7 Å². The van der Waals surface area contributed by atoms with Crippen molar-refractivity contribution in [2.75, 3.05) is 0 Å². The van der Waals surface area contributed by atoms with E-state index in [2.05, 4.69) is 74.7 Å². The van der Waals surface area contributed by atoms with Crippen LogP contribution in [0.3, 0.4) is 0 Å². The molecular formula is C25H25BN2O2. The van der Waals surface area contributed by atoms with Gasteiger partial charge in [-0.15, -0.1) is 0 Å². The Morgan fingerprint density at radius 3 is 2.47 bits per heavy atom. The minimum Gasteiger partial charge on any atom is -0.399 e. The summed E-state index contributed by atoms with van der Waals surface area (Å²) < 4.78 is 15.0. The zero-order valence-corrected chi connectivity index (χ0v) is 17.9. The highest BCUT2D eigenvalue weighted by Gasteiger charge is 2.52. The maximum absolute atomic E-state index is 10.0. The molecule has 0 bridgehead atoms. The predicted molar refractivity (Wildman–Crippen MR) is 121 cm³/mol. The Hall–Kier alpha value is -2.81. The average Bonchev–Trinajstić information content (AvgIpc) is 3.17. The van der Waals surface area contributed by atoms with Crippen LogP contribution in [0.1, 0.15) is 50.9 Å². The molecule has 0 saturated carbocycles. The second kappa shape index (κ2) is 6.60. The number of hydrogen-bond donors (Lipinski definition) is 0. The smallest absolute Gasteiger partial charge is 0.399 e. The molecule has 2 aromatic carbocycles. The second-order valence-corrected chi connectivity index (χ2v) is 9.10. The van der Waals surface area contributed by atoms with E-state index in [-0.39, 0.29) is 0 Å². The Labute approximate surface area is 177 Å². The van der Waals surface area contributed by atoms with E-state index in [1.54, 1.807) is 0 Å². The first-order chi connectivity index (χ1) is 14.3. The van der Waals surface area contributed by atoms with Crippen molar-refractivity contribution in [1.29, 1.82) is 5.26 Å². The third kappa shape index (κ3) is 2.68. The monoisotopic (exact) mass is 396 g/mol. The number of aryl methyl sites for hydroxylation is 1. The SMILES string of the molecule is CC1(C)OB(c2cccc(C#N)c2-n2c3c(c4ccccc42)CCC=C3)OC1(C)C. The van der Waals surface area contributed by atoms with Crippen molar-refractivity contribution in [2.45, 2.75) is 51.7 Å². The van der Waals surface area contributed by atoms with Gasteiger partial charge in [0.05, 0.1) is 28.0 Å². The summed E-state index contributed by atoms with van der Waals surface area (Å²) >= 11 is 0. The van der Waals surface area contributed by atoms with Gasteiger partial charge in [-0.05, 0) is 64.3 Å². The second-order valence-electron chi connectivity index (χ2n) is 9.10. The standard InChI is InChI=1S/C25H25BN2O2/c1-24(2)25(3,4)30-26(29-24)20-13-9-10-17(16-27)23(20)28-21-14-7-5-11-18(21)19-12-6-8-15-22(19)28/h5,7-11,13-15H,6,12H2,1-4H3. The number of hydrogen-bond acceptors (Lipinski definition) is 3. The molecule has 150 valence electrons. The van der Waals surface area contributed by atoms with Crippen molar-refractivity contribution in [3.63, 3.8) is 0 Å². The molecule has 2 aliphatic rings. The van der Waals surface area contributed by atoms with Gasteiger partial charge >= 0.3 is 7.12 Å². The van der Waals surface area contributed by atoms with Crippen LogP contribution in [0, 0.1) is 11.3 Å². The summed E-state index contributed by atoms with van der Waals surface area (Å²) in [6.45, 7) is 8.21. The molecule has 1 saturated heterocycles.